The number of fused-ring (bicyclic) bond motifs is 2. The number of amides is 1. The number of nitrogens with one attached hydrogen (secondary N) is 2. The number of carbonyl (C=O) groups is 2. The Balaban J connectivity index is 1.68. The number of benzene rings is 2. The highest BCUT2D eigenvalue weighted by molar-refractivity contribution is 7.98. The molecule has 5 N–H and O–H groups in total. The molecule has 2 aromatic carbocycles. The first-order chi connectivity index (χ1) is 19.3. The van der Waals surface area contributed by atoms with E-state index in [2.05, 4.69) is 23.0 Å². The van der Waals surface area contributed by atoms with Crippen LogP contribution >= 0.6 is 11.9 Å². The van der Waals surface area contributed by atoms with Crippen LogP contribution in [0.4, 0.5) is 11.4 Å². The van der Waals surface area contributed by atoms with Crippen LogP contribution in [-0.2, 0) is 25.2 Å². The first kappa shape index (κ1) is 30.4. The summed E-state index contributed by atoms with van der Waals surface area (Å²) in [5.74, 6) is -1.88. The van der Waals surface area contributed by atoms with Crippen LogP contribution in [0.3, 0.4) is 0 Å². The Morgan fingerprint density at radius 3 is 2.59 bits per heavy atom. The second-order valence-corrected chi connectivity index (χ2v) is 13.0. The normalized spacial score (nSPS) is 18.6. The van der Waals surface area contributed by atoms with Crippen molar-refractivity contribution in [2.75, 3.05) is 9.79 Å². The second-order valence-electron chi connectivity index (χ2n) is 10.8. The van der Waals surface area contributed by atoms with E-state index in [1.165, 1.54) is 6.07 Å². The molecular weight excluding hydrogens is 568 g/mol. The van der Waals surface area contributed by atoms with Crippen LogP contribution in [0.1, 0.15) is 70.9 Å². The molecule has 4 rings (SSSR count). The maximum atomic E-state index is 14.0. The molecule has 0 spiro atoms. The minimum Gasteiger partial charge on any atom is -0.506 e. The smallest absolute Gasteiger partial charge is 0.323 e. The SMILES string of the molecule is CCCCC(=O)NS(=O)(=O)Nc1cc(O)c2c(c1)SN=C(C1=C(O)c3ccccc3C(C)(CCC(C)C)C1=O)N2O. The molecule has 1 aliphatic carbocycles. The molecular formula is C28H34N4O7S2. The van der Waals surface area contributed by atoms with Crippen molar-refractivity contribution in [3.8, 4) is 5.75 Å². The van der Waals surface area contributed by atoms with E-state index >= 15 is 0 Å². The minimum absolute atomic E-state index is 0.0437. The number of aromatic hydroxyl groups is 1. The predicted octanol–water partition coefficient (Wildman–Crippen LogP) is 5.22. The lowest BCUT2D eigenvalue weighted by atomic mass is 9.66. The third kappa shape index (κ3) is 6.07. The van der Waals surface area contributed by atoms with Gasteiger partial charge in [0.25, 0.3) is 0 Å². The number of hydrogen-bond acceptors (Lipinski definition) is 10. The van der Waals surface area contributed by atoms with Crippen molar-refractivity contribution in [2.45, 2.75) is 70.1 Å². The highest BCUT2D eigenvalue weighted by Crippen LogP contribution is 2.48. The first-order valence-corrected chi connectivity index (χ1v) is 15.6. The molecule has 41 heavy (non-hydrogen) atoms. The zero-order chi connectivity index (χ0) is 30.1. The highest BCUT2D eigenvalue weighted by atomic mass is 32.2. The van der Waals surface area contributed by atoms with Gasteiger partial charge >= 0.3 is 10.2 Å². The molecule has 1 heterocycles. The van der Waals surface area contributed by atoms with Crippen LogP contribution < -0.4 is 14.5 Å². The topological polar surface area (TPSA) is 169 Å². The molecule has 1 aliphatic heterocycles. The van der Waals surface area contributed by atoms with E-state index in [1.54, 1.807) is 18.2 Å². The van der Waals surface area contributed by atoms with Crippen molar-refractivity contribution in [2.24, 2.45) is 10.3 Å². The second kappa shape index (κ2) is 11.7. The van der Waals surface area contributed by atoms with E-state index in [0.29, 0.717) is 34.9 Å². The number of aliphatic hydroxyl groups excluding tert-OH is 1. The molecule has 0 aromatic heterocycles. The summed E-state index contributed by atoms with van der Waals surface area (Å²) in [5, 5.41) is 33.8. The van der Waals surface area contributed by atoms with Crippen LogP contribution in [0, 0.1) is 5.92 Å². The zero-order valence-electron chi connectivity index (χ0n) is 23.3. The Morgan fingerprint density at radius 2 is 1.90 bits per heavy atom. The van der Waals surface area contributed by atoms with E-state index in [-0.39, 0.29) is 39.9 Å². The van der Waals surface area contributed by atoms with Crippen molar-refractivity contribution in [1.82, 2.24) is 4.72 Å². The lowest BCUT2D eigenvalue weighted by Gasteiger charge is -2.37. The standard InChI is InChI=1S/C28H34N4O7S2/c1-5-6-11-22(34)31-41(38,39)30-17-14-20(33)24-21(15-17)40-29-27(32(24)37)23-25(35)18-9-7-8-10-19(18)28(4,26(23)36)13-12-16(2)3/h7-10,14-16,30,33,35,37H,5-6,11-13H2,1-4H3,(H,31,34). The number of phenols is 1. The average Bonchev–Trinajstić information content (AvgIpc) is 2.90. The van der Waals surface area contributed by atoms with Gasteiger partial charge in [0, 0.05) is 30.0 Å². The Labute approximate surface area is 243 Å². The zero-order valence-corrected chi connectivity index (χ0v) is 24.9. The van der Waals surface area contributed by atoms with Gasteiger partial charge in [-0.15, -0.1) is 0 Å². The fraction of sp³-hybridized carbons (Fsp3) is 0.393. The van der Waals surface area contributed by atoms with Crippen LogP contribution in [0.2, 0.25) is 0 Å². The van der Waals surface area contributed by atoms with Gasteiger partial charge in [0.15, 0.2) is 11.6 Å². The summed E-state index contributed by atoms with van der Waals surface area (Å²) in [6.45, 7) is 7.80. The van der Waals surface area contributed by atoms with Gasteiger partial charge in [-0.2, -0.15) is 17.9 Å². The van der Waals surface area contributed by atoms with E-state index in [9.17, 15) is 33.4 Å². The van der Waals surface area contributed by atoms with Crippen molar-refractivity contribution in [3.63, 3.8) is 0 Å². The molecule has 0 saturated carbocycles. The Kier molecular flexibility index (Phi) is 8.71. The number of Topliss-reactive ketones (excluding diaryl/α,β-unsaturated/α-hetero) is 1. The number of hydrogen-bond donors (Lipinski definition) is 5. The van der Waals surface area contributed by atoms with Crippen LogP contribution in [0.5, 0.6) is 5.75 Å². The van der Waals surface area contributed by atoms with Gasteiger partial charge in [-0.3, -0.25) is 19.5 Å². The molecule has 2 aromatic rings. The summed E-state index contributed by atoms with van der Waals surface area (Å²) in [4.78, 5) is 26.1. The Bertz CT molecular complexity index is 1550. The van der Waals surface area contributed by atoms with Gasteiger partial charge in [-0.25, -0.2) is 4.72 Å². The van der Waals surface area contributed by atoms with Crippen LogP contribution in [0.25, 0.3) is 5.76 Å². The minimum atomic E-state index is -4.28. The summed E-state index contributed by atoms with van der Waals surface area (Å²) in [5.41, 5.74) is -0.275. The number of carbonyl (C=O) groups excluding carboxylic acids is 2. The Morgan fingerprint density at radius 1 is 1.20 bits per heavy atom. The van der Waals surface area contributed by atoms with Crippen molar-refractivity contribution >= 4 is 56.8 Å². The molecule has 0 saturated heterocycles. The summed E-state index contributed by atoms with van der Waals surface area (Å²) >= 11 is 0.784. The number of ketones is 1. The number of rotatable bonds is 10. The predicted molar refractivity (Wildman–Crippen MR) is 158 cm³/mol. The molecule has 1 unspecified atom stereocenters. The quantitative estimate of drug-likeness (QED) is 0.229. The van der Waals surface area contributed by atoms with Gasteiger partial charge in [0.1, 0.15) is 22.8 Å². The number of aliphatic hydroxyl groups is 1. The van der Waals surface area contributed by atoms with E-state index in [4.69, 9.17) is 0 Å². The molecule has 11 nitrogen and oxygen atoms in total. The molecule has 220 valence electrons. The number of nitrogens with zero attached hydrogens (tertiary/aromatic N) is 2. The van der Waals surface area contributed by atoms with Crippen molar-refractivity contribution < 1.29 is 33.4 Å². The first-order valence-electron chi connectivity index (χ1n) is 13.3. The number of anilines is 2. The van der Waals surface area contributed by atoms with Crippen LogP contribution in [-0.4, -0.2) is 41.4 Å². The van der Waals surface area contributed by atoms with E-state index in [1.807, 2.05) is 24.6 Å². The summed E-state index contributed by atoms with van der Waals surface area (Å²) in [6, 6.07) is 9.44. The average molecular weight is 603 g/mol. The molecule has 1 amide bonds. The summed E-state index contributed by atoms with van der Waals surface area (Å²) < 4.78 is 33.2. The molecule has 0 bridgehead atoms. The van der Waals surface area contributed by atoms with Gasteiger partial charge in [0.2, 0.25) is 5.91 Å². The lowest BCUT2D eigenvalue weighted by Crippen LogP contribution is -2.44. The Hall–Kier alpha value is -3.55. The van der Waals surface area contributed by atoms with E-state index < -0.39 is 33.1 Å². The number of amidine groups is 1. The fourth-order valence-corrected chi connectivity index (χ4v) is 6.58. The highest BCUT2D eigenvalue weighted by Gasteiger charge is 2.47. The van der Waals surface area contributed by atoms with Gasteiger partial charge < -0.3 is 10.2 Å². The monoisotopic (exact) mass is 602 g/mol. The molecule has 0 fully saturated rings. The third-order valence-electron chi connectivity index (χ3n) is 7.14. The maximum Gasteiger partial charge on any atom is 0.323 e. The van der Waals surface area contributed by atoms with Gasteiger partial charge in [-0.1, -0.05) is 51.5 Å². The summed E-state index contributed by atoms with van der Waals surface area (Å²) in [6.07, 6.45) is 2.55. The maximum absolute atomic E-state index is 14.0. The van der Waals surface area contributed by atoms with E-state index in [0.717, 1.165) is 30.9 Å². The number of phenolic OH excluding ortho intramolecular Hbond substituents is 1. The number of hydroxylamine groups is 1. The fourth-order valence-electron chi connectivity index (χ4n) is 4.89. The molecule has 1 atom stereocenters. The lowest BCUT2D eigenvalue weighted by molar-refractivity contribution is -0.120. The third-order valence-corrected chi connectivity index (χ3v) is 8.92. The molecule has 0 radical (unpaired) electrons. The van der Waals surface area contributed by atoms with Crippen molar-refractivity contribution in [1.29, 1.82) is 0 Å². The van der Waals surface area contributed by atoms with Crippen molar-refractivity contribution in [3.05, 3.63) is 53.1 Å². The molecule has 13 heteroatoms. The van der Waals surface area contributed by atoms with Gasteiger partial charge in [0.05, 0.1) is 16.0 Å². The largest absolute Gasteiger partial charge is 0.506 e. The number of unbranched alkanes of at least 4 members (excludes halogenated alkanes) is 1. The van der Waals surface area contributed by atoms with Crippen LogP contribution in [0.15, 0.2) is 51.3 Å². The molecule has 2 aliphatic rings. The summed E-state index contributed by atoms with van der Waals surface area (Å²) in [7, 11) is -4.28. The van der Waals surface area contributed by atoms with Gasteiger partial charge in [-0.05, 0) is 43.7 Å².